The van der Waals surface area contributed by atoms with Gasteiger partial charge in [0.15, 0.2) is 5.11 Å². The number of carbonyl (C=O) groups is 1. The molecule has 0 fully saturated rings. The van der Waals surface area contributed by atoms with Gasteiger partial charge in [-0.3, -0.25) is 0 Å². The van der Waals surface area contributed by atoms with E-state index in [1.165, 1.54) is 12.7 Å². The van der Waals surface area contributed by atoms with Gasteiger partial charge >= 0.3 is 5.97 Å². The molecule has 1 N–H and O–H groups in total. The number of carbonyl (C=O) groups excluding carboxylic acids is 1. The number of nitrogens with zero attached hydrogens (tertiary/aromatic N) is 1. The second kappa shape index (κ2) is 7.53. The molecule has 2 aromatic rings. The normalized spacial score (nSPS) is 15.8. The molecular formula is C19H20N2O3S. The van der Waals surface area contributed by atoms with Gasteiger partial charge in [-0.25, -0.2) is 4.79 Å². The van der Waals surface area contributed by atoms with Gasteiger partial charge < -0.3 is 19.7 Å². The molecule has 2 aromatic carbocycles. The smallest absolute Gasteiger partial charge is 0.348 e. The van der Waals surface area contributed by atoms with Crippen molar-refractivity contribution >= 4 is 34.7 Å². The van der Waals surface area contributed by atoms with E-state index < -0.39 is 12.1 Å². The number of hydrogen-bond acceptors (Lipinski definition) is 4. The Morgan fingerprint density at radius 2 is 2.12 bits per heavy atom. The van der Waals surface area contributed by atoms with Crippen LogP contribution in [-0.2, 0) is 16.0 Å². The highest BCUT2D eigenvalue weighted by Crippen LogP contribution is 2.33. The van der Waals surface area contributed by atoms with Crippen molar-refractivity contribution in [3.63, 3.8) is 0 Å². The Labute approximate surface area is 152 Å². The number of aryl methyl sites for hydroxylation is 1. The van der Waals surface area contributed by atoms with Crippen molar-refractivity contribution in [1.82, 2.24) is 0 Å². The summed E-state index contributed by atoms with van der Waals surface area (Å²) >= 11 is 5.59. The maximum Gasteiger partial charge on any atom is 0.348 e. The third-order valence-electron chi connectivity index (χ3n) is 4.07. The number of esters is 1. The summed E-state index contributed by atoms with van der Waals surface area (Å²) < 4.78 is 10.6. The van der Waals surface area contributed by atoms with Crippen LogP contribution in [0.5, 0.6) is 5.75 Å². The Bertz CT molecular complexity index is 794. The van der Waals surface area contributed by atoms with Gasteiger partial charge in [-0.05, 0) is 48.5 Å². The minimum absolute atomic E-state index is 0.295. The first kappa shape index (κ1) is 17.2. The summed E-state index contributed by atoms with van der Waals surface area (Å²) in [5, 5.41) is 3.77. The average Bonchev–Trinajstić information content (AvgIpc) is 2.66. The minimum atomic E-state index is -0.721. The van der Waals surface area contributed by atoms with E-state index in [1.807, 2.05) is 41.3 Å². The van der Waals surface area contributed by atoms with Crippen LogP contribution in [0.15, 0.2) is 48.5 Å². The first-order chi connectivity index (χ1) is 12.1. The van der Waals surface area contributed by atoms with E-state index in [0.717, 1.165) is 17.8 Å². The molecule has 1 heterocycles. The van der Waals surface area contributed by atoms with Crippen molar-refractivity contribution in [2.75, 3.05) is 23.9 Å². The van der Waals surface area contributed by atoms with E-state index in [4.69, 9.17) is 21.7 Å². The molecule has 0 saturated heterocycles. The lowest BCUT2D eigenvalue weighted by atomic mass is 10.1. The molecule has 25 heavy (non-hydrogen) atoms. The number of methoxy groups -OCH3 is 1. The van der Waals surface area contributed by atoms with E-state index in [9.17, 15) is 4.79 Å². The number of thiocarbonyl (C=S) groups is 1. The maximum absolute atomic E-state index is 11.9. The monoisotopic (exact) mass is 356 g/mol. The van der Waals surface area contributed by atoms with Crippen molar-refractivity contribution < 1.29 is 14.3 Å². The zero-order valence-corrected chi connectivity index (χ0v) is 15.0. The lowest BCUT2D eigenvalue weighted by Gasteiger charge is -2.35. The lowest BCUT2D eigenvalue weighted by molar-refractivity contribution is -0.148. The van der Waals surface area contributed by atoms with Gasteiger partial charge in [-0.1, -0.05) is 31.2 Å². The van der Waals surface area contributed by atoms with Gasteiger partial charge in [0.05, 0.1) is 19.3 Å². The number of nitrogens with one attached hydrogen (secondary N) is 1. The number of benzene rings is 2. The highest BCUT2D eigenvalue weighted by molar-refractivity contribution is 7.80. The molecule has 130 valence electrons. The molecule has 0 spiro atoms. The number of hydrogen-bond donors (Lipinski definition) is 1. The Morgan fingerprint density at radius 3 is 2.88 bits per heavy atom. The summed E-state index contributed by atoms with van der Waals surface area (Å²) in [5.74, 6) is 0.186. The van der Waals surface area contributed by atoms with Crippen LogP contribution in [0.4, 0.5) is 11.4 Å². The van der Waals surface area contributed by atoms with E-state index in [2.05, 4.69) is 24.4 Å². The number of anilines is 2. The summed E-state index contributed by atoms with van der Waals surface area (Å²) in [6.07, 6.45) is 0.231. The molecule has 0 aliphatic carbocycles. The summed E-state index contributed by atoms with van der Waals surface area (Å²) in [6.45, 7) is 2.40. The SMILES string of the molecule is CCc1cccc(NC(=S)N2C[C@@H](C(=O)OC)Oc3ccccc32)c1. The molecule has 0 radical (unpaired) electrons. The minimum Gasteiger partial charge on any atom is -0.475 e. The second-order valence-corrected chi connectivity index (χ2v) is 6.08. The van der Waals surface area contributed by atoms with Crippen molar-refractivity contribution in [3.05, 3.63) is 54.1 Å². The predicted octanol–water partition coefficient (Wildman–Crippen LogP) is 3.39. The molecule has 0 unspecified atom stereocenters. The topological polar surface area (TPSA) is 50.8 Å². The van der Waals surface area contributed by atoms with E-state index >= 15 is 0 Å². The van der Waals surface area contributed by atoms with Crippen molar-refractivity contribution in [1.29, 1.82) is 0 Å². The first-order valence-corrected chi connectivity index (χ1v) is 8.54. The highest BCUT2D eigenvalue weighted by atomic mass is 32.1. The molecule has 5 nitrogen and oxygen atoms in total. The third-order valence-corrected chi connectivity index (χ3v) is 4.39. The molecule has 0 aromatic heterocycles. The molecule has 6 heteroatoms. The summed E-state index contributed by atoms with van der Waals surface area (Å²) in [7, 11) is 1.35. The van der Waals surface area contributed by atoms with E-state index in [1.54, 1.807) is 0 Å². The predicted molar refractivity (Wildman–Crippen MR) is 102 cm³/mol. The van der Waals surface area contributed by atoms with Crippen molar-refractivity contribution in [2.45, 2.75) is 19.4 Å². The van der Waals surface area contributed by atoms with Crippen LogP contribution >= 0.6 is 12.2 Å². The number of fused-ring (bicyclic) bond motifs is 1. The molecule has 0 bridgehead atoms. The van der Waals surface area contributed by atoms with Crippen LogP contribution < -0.4 is 15.0 Å². The molecule has 1 atom stereocenters. The van der Waals surface area contributed by atoms with Gasteiger partial charge in [-0.2, -0.15) is 0 Å². The quantitative estimate of drug-likeness (QED) is 0.672. The van der Waals surface area contributed by atoms with Crippen LogP contribution in [0.1, 0.15) is 12.5 Å². The molecule has 3 rings (SSSR count). The van der Waals surface area contributed by atoms with E-state index in [-0.39, 0.29) is 0 Å². The number of rotatable bonds is 3. The summed E-state index contributed by atoms with van der Waals surface area (Å²) in [5.41, 5.74) is 2.97. The lowest BCUT2D eigenvalue weighted by Crippen LogP contribution is -2.48. The first-order valence-electron chi connectivity index (χ1n) is 8.13. The van der Waals surface area contributed by atoms with Gasteiger partial charge in [0.2, 0.25) is 6.10 Å². The molecule has 0 saturated carbocycles. The Morgan fingerprint density at radius 1 is 1.32 bits per heavy atom. The zero-order valence-electron chi connectivity index (χ0n) is 14.2. The van der Waals surface area contributed by atoms with Gasteiger partial charge in [-0.15, -0.1) is 0 Å². The van der Waals surface area contributed by atoms with Crippen LogP contribution in [0, 0.1) is 0 Å². The van der Waals surface area contributed by atoms with Crippen molar-refractivity contribution in [2.24, 2.45) is 0 Å². The van der Waals surface area contributed by atoms with E-state index in [0.29, 0.717) is 17.4 Å². The fourth-order valence-electron chi connectivity index (χ4n) is 2.74. The van der Waals surface area contributed by atoms with Crippen molar-refractivity contribution in [3.8, 4) is 5.75 Å². The van der Waals surface area contributed by atoms with Gasteiger partial charge in [0.25, 0.3) is 0 Å². The zero-order chi connectivity index (χ0) is 17.8. The Kier molecular flexibility index (Phi) is 5.19. The van der Waals surface area contributed by atoms with Crippen LogP contribution in [0.2, 0.25) is 0 Å². The Balaban J connectivity index is 1.86. The summed E-state index contributed by atoms with van der Waals surface area (Å²) in [6, 6.07) is 15.6. The van der Waals surface area contributed by atoms with Crippen LogP contribution in [0.3, 0.4) is 0 Å². The van der Waals surface area contributed by atoms with Crippen LogP contribution in [0.25, 0.3) is 0 Å². The molecule has 1 aliphatic heterocycles. The fourth-order valence-corrected chi connectivity index (χ4v) is 3.03. The highest BCUT2D eigenvalue weighted by Gasteiger charge is 2.33. The Hall–Kier alpha value is -2.60. The second-order valence-electron chi connectivity index (χ2n) is 5.69. The van der Waals surface area contributed by atoms with Gasteiger partial charge in [0.1, 0.15) is 5.75 Å². The number of para-hydroxylation sites is 2. The molecule has 1 aliphatic rings. The molecular weight excluding hydrogens is 336 g/mol. The fraction of sp³-hybridized carbons (Fsp3) is 0.263. The number of ether oxygens (including phenoxy) is 2. The standard InChI is InChI=1S/C19H20N2O3S/c1-3-13-7-6-8-14(11-13)20-19(25)21-12-17(18(22)23-2)24-16-10-5-4-9-15(16)21/h4-11,17H,3,12H2,1-2H3,(H,20,25)/t17-/m0/s1. The van der Waals surface area contributed by atoms with Gasteiger partial charge in [0, 0.05) is 5.69 Å². The molecule has 0 amide bonds. The largest absolute Gasteiger partial charge is 0.475 e. The average molecular weight is 356 g/mol. The third kappa shape index (κ3) is 3.74. The van der Waals surface area contributed by atoms with Crippen LogP contribution in [-0.4, -0.2) is 30.8 Å². The summed E-state index contributed by atoms with van der Waals surface area (Å²) in [4.78, 5) is 13.8. The maximum atomic E-state index is 11.9.